The van der Waals surface area contributed by atoms with Gasteiger partial charge in [-0.05, 0) is 24.7 Å². The standard InChI is InChI=1S/C12H24N2O/c1-4-12(2,3)9-13-11(15)14-10-7-5-6-8-10/h10H,4-9H2,1-3H3,(H2,13,14,15). The van der Waals surface area contributed by atoms with Crippen molar-refractivity contribution in [2.75, 3.05) is 6.54 Å². The zero-order valence-corrected chi connectivity index (χ0v) is 10.2. The topological polar surface area (TPSA) is 41.1 Å². The van der Waals surface area contributed by atoms with E-state index in [1.165, 1.54) is 12.8 Å². The van der Waals surface area contributed by atoms with Crippen LogP contribution in [0.2, 0.25) is 0 Å². The minimum atomic E-state index is 0.00317. The molecule has 0 spiro atoms. The molecule has 0 aromatic rings. The zero-order valence-electron chi connectivity index (χ0n) is 10.2. The first-order valence-corrected chi connectivity index (χ1v) is 6.08. The molecule has 0 aliphatic heterocycles. The van der Waals surface area contributed by atoms with Gasteiger partial charge in [-0.1, -0.05) is 33.6 Å². The van der Waals surface area contributed by atoms with Gasteiger partial charge in [0, 0.05) is 12.6 Å². The van der Waals surface area contributed by atoms with E-state index in [0.717, 1.165) is 25.8 Å². The highest BCUT2D eigenvalue weighted by molar-refractivity contribution is 5.74. The van der Waals surface area contributed by atoms with Crippen molar-refractivity contribution >= 4 is 6.03 Å². The fourth-order valence-corrected chi connectivity index (χ4v) is 1.75. The molecule has 3 nitrogen and oxygen atoms in total. The Morgan fingerprint density at radius 2 is 1.93 bits per heavy atom. The van der Waals surface area contributed by atoms with Crippen molar-refractivity contribution in [2.45, 2.75) is 58.9 Å². The van der Waals surface area contributed by atoms with Crippen LogP contribution in [0.4, 0.5) is 4.79 Å². The maximum atomic E-state index is 11.5. The molecule has 1 aliphatic rings. The Labute approximate surface area is 93.0 Å². The second-order valence-electron chi connectivity index (χ2n) is 5.33. The molecule has 1 rings (SSSR count). The van der Waals surface area contributed by atoms with Crippen LogP contribution in [-0.4, -0.2) is 18.6 Å². The number of nitrogens with one attached hydrogen (secondary N) is 2. The molecule has 15 heavy (non-hydrogen) atoms. The summed E-state index contributed by atoms with van der Waals surface area (Å²) in [5.74, 6) is 0. The summed E-state index contributed by atoms with van der Waals surface area (Å²) in [7, 11) is 0. The summed E-state index contributed by atoms with van der Waals surface area (Å²) in [4.78, 5) is 11.5. The summed E-state index contributed by atoms with van der Waals surface area (Å²) in [5.41, 5.74) is 0.201. The molecule has 3 heteroatoms. The van der Waals surface area contributed by atoms with Crippen LogP contribution < -0.4 is 10.6 Å². The van der Waals surface area contributed by atoms with Crippen LogP contribution in [0.1, 0.15) is 52.9 Å². The number of amides is 2. The Balaban J connectivity index is 2.18. The third-order valence-corrected chi connectivity index (χ3v) is 3.37. The van der Waals surface area contributed by atoms with Gasteiger partial charge in [-0.25, -0.2) is 4.79 Å². The van der Waals surface area contributed by atoms with Gasteiger partial charge in [-0.15, -0.1) is 0 Å². The van der Waals surface area contributed by atoms with Gasteiger partial charge in [0.25, 0.3) is 0 Å². The van der Waals surface area contributed by atoms with Crippen molar-refractivity contribution < 1.29 is 4.79 Å². The number of carbonyl (C=O) groups excluding carboxylic acids is 1. The fraction of sp³-hybridized carbons (Fsp3) is 0.917. The van der Waals surface area contributed by atoms with E-state index in [1.54, 1.807) is 0 Å². The van der Waals surface area contributed by atoms with Crippen LogP contribution in [0.5, 0.6) is 0 Å². The Morgan fingerprint density at radius 1 is 1.33 bits per heavy atom. The van der Waals surface area contributed by atoms with Crippen molar-refractivity contribution in [3.05, 3.63) is 0 Å². The molecule has 0 atom stereocenters. The highest BCUT2D eigenvalue weighted by Gasteiger charge is 2.19. The summed E-state index contributed by atoms with van der Waals surface area (Å²) in [6.45, 7) is 7.24. The lowest BCUT2D eigenvalue weighted by atomic mass is 9.90. The minimum absolute atomic E-state index is 0.00317. The molecule has 1 fully saturated rings. The molecule has 2 N–H and O–H groups in total. The second kappa shape index (κ2) is 5.38. The maximum absolute atomic E-state index is 11.5. The van der Waals surface area contributed by atoms with Crippen molar-refractivity contribution in [1.29, 1.82) is 0 Å². The van der Waals surface area contributed by atoms with Gasteiger partial charge in [0.05, 0.1) is 0 Å². The van der Waals surface area contributed by atoms with Gasteiger partial charge in [0.2, 0.25) is 0 Å². The summed E-state index contributed by atoms with van der Waals surface area (Å²) >= 11 is 0. The van der Waals surface area contributed by atoms with Gasteiger partial charge >= 0.3 is 6.03 Å². The van der Waals surface area contributed by atoms with Crippen molar-refractivity contribution in [3.63, 3.8) is 0 Å². The van der Waals surface area contributed by atoms with Gasteiger partial charge < -0.3 is 10.6 Å². The van der Waals surface area contributed by atoms with E-state index in [2.05, 4.69) is 31.4 Å². The second-order valence-corrected chi connectivity index (χ2v) is 5.33. The predicted molar refractivity (Wildman–Crippen MR) is 62.9 cm³/mol. The van der Waals surface area contributed by atoms with Crippen molar-refractivity contribution in [2.24, 2.45) is 5.41 Å². The average molecular weight is 212 g/mol. The van der Waals surface area contributed by atoms with Crippen LogP contribution in [0.15, 0.2) is 0 Å². The number of carbonyl (C=O) groups is 1. The SMILES string of the molecule is CCC(C)(C)CNC(=O)NC1CCCC1. The largest absolute Gasteiger partial charge is 0.338 e. The lowest BCUT2D eigenvalue weighted by Gasteiger charge is -2.23. The molecule has 0 bridgehead atoms. The molecule has 0 aromatic heterocycles. The first kappa shape index (κ1) is 12.3. The molecular weight excluding hydrogens is 188 g/mol. The highest BCUT2D eigenvalue weighted by Crippen LogP contribution is 2.18. The molecule has 0 saturated heterocycles. The molecule has 2 amide bonds. The first-order valence-electron chi connectivity index (χ1n) is 6.08. The Morgan fingerprint density at radius 3 is 2.47 bits per heavy atom. The average Bonchev–Trinajstić information content (AvgIpc) is 2.68. The number of hydrogen-bond acceptors (Lipinski definition) is 1. The summed E-state index contributed by atoms with van der Waals surface area (Å²) in [5, 5.41) is 5.98. The quantitative estimate of drug-likeness (QED) is 0.739. The molecule has 88 valence electrons. The third kappa shape index (κ3) is 4.54. The molecular formula is C12H24N2O. The molecule has 0 radical (unpaired) electrons. The van der Waals surface area contributed by atoms with E-state index < -0.39 is 0 Å². The smallest absolute Gasteiger partial charge is 0.315 e. The highest BCUT2D eigenvalue weighted by atomic mass is 16.2. The zero-order chi connectivity index (χ0) is 11.3. The van der Waals surface area contributed by atoms with E-state index >= 15 is 0 Å². The van der Waals surface area contributed by atoms with Gasteiger partial charge in [-0.3, -0.25) is 0 Å². The summed E-state index contributed by atoms with van der Waals surface area (Å²) in [6.07, 6.45) is 5.88. The third-order valence-electron chi connectivity index (χ3n) is 3.37. The van der Waals surface area contributed by atoms with Gasteiger partial charge in [-0.2, -0.15) is 0 Å². The lowest BCUT2D eigenvalue weighted by molar-refractivity contribution is 0.229. The first-order chi connectivity index (χ1) is 7.03. The van der Waals surface area contributed by atoms with E-state index in [9.17, 15) is 4.79 Å². The number of rotatable bonds is 4. The normalized spacial score (nSPS) is 17.8. The molecule has 1 saturated carbocycles. The Kier molecular flexibility index (Phi) is 4.43. The molecule has 1 aliphatic carbocycles. The van der Waals surface area contributed by atoms with E-state index in [4.69, 9.17) is 0 Å². The maximum Gasteiger partial charge on any atom is 0.315 e. The van der Waals surface area contributed by atoms with Crippen molar-refractivity contribution in [1.82, 2.24) is 10.6 Å². The summed E-state index contributed by atoms with van der Waals surface area (Å²) in [6, 6.07) is 0.415. The van der Waals surface area contributed by atoms with E-state index in [1.807, 2.05) is 0 Å². The van der Waals surface area contributed by atoms with Crippen LogP contribution in [-0.2, 0) is 0 Å². The molecule has 0 unspecified atom stereocenters. The van der Waals surface area contributed by atoms with Crippen LogP contribution in [0, 0.1) is 5.41 Å². The van der Waals surface area contributed by atoms with Gasteiger partial charge in [0.15, 0.2) is 0 Å². The Bertz CT molecular complexity index is 208. The molecule has 0 heterocycles. The predicted octanol–water partition coefficient (Wildman–Crippen LogP) is 2.66. The number of urea groups is 1. The Hall–Kier alpha value is -0.730. The number of hydrogen-bond donors (Lipinski definition) is 2. The van der Waals surface area contributed by atoms with E-state index in [-0.39, 0.29) is 11.4 Å². The van der Waals surface area contributed by atoms with Crippen LogP contribution in [0.3, 0.4) is 0 Å². The van der Waals surface area contributed by atoms with Crippen LogP contribution in [0.25, 0.3) is 0 Å². The fourth-order valence-electron chi connectivity index (χ4n) is 1.75. The van der Waals surface area contributed by atoms with Crippen molar-refractivity contribution in [3.8, 4) is 0 Å². The minimum Gasteiger partial charge on any atom is -0.338 e. The molecule has 0 aromatic carbocycles. The monoisotopic (exact) mass is 212 g/mol. The summed E-state index contributed by atoms with van der Waals surface area (Å²) < 4.78 is 0. The van der Waals surface area contributed by atoms with Crippen LogP contribution >= 0.6 is 0 Å². The van der Waals surface area contributed by atoms with Gasteiger partial charge in [0.1, 0.15) is 0 Å². The lowest BCUT2D eigenvalue weighted by Crippen LogP contribution is -2.44. The van der Waals surface area contributed by atoms with E-state index in [0.29, 0.717) is 6.04 Å².